The van der Waals surface area contributed by atoms with Gasteiger partial charge in [0.1, 0.15) is 5.75 Å². The summed E-state index contributed by atoms with van der Waals surface area (Å²) in [6, 6.07) is 8.14. The van der Waals surface area contributed by atoms with Crippen LogP contribution in [0.5, 0.6) is 5.75 Å². The van der Waals surface area contributed by atoms with Gasteiger partial charge in [0.2, 0.25) is 0 Å². The van der Waals surface area contributed by atoms with Gasteiger partial charge in [-0.25, -0.2) is 8.78 Å². The largest absolute Gasteiger partial charge is 0.573 e. The fourth-order valence-electron chi connectivity index (χ4n) is 2.02. The third-order valence-electron chi connectivity index (χ3n) is 3.11. The number of hydrogen-bond donors (Lipinski definition) is 0. The Morgan fingerprint density at radius 2 is 1.71 bits per heavy atom. The van der Waals surface area contributed by atoms with Crippen molar-refractivity contribution in [3.8, 4) is 5.75 Å². The number of carbonyl (C=O) groups is 1. The topological polar surface area (TPSA) is 29.5 Å². The average molecular weight is 345 g/mol. The fraction of sp³-hybridized carbons (Fsp3) is 0.188. The molecule has 0 saturated carbocycles. The van der Waals surface area contributed by atoms with Crippen molar-refractivity contribution in [3.05, 3.63) is 65.2 Å². The van der Waals surface area contributed by atoms with E-state index in [1.165, 1.54) is 25.2 Å². The summed E-state index contributed by atoms with van der Waals surface area (Å²) in [5, 5.41) is 0. The van der Waals surface area contributed by atoms with Crippen LogP contribution in [0.4, 0.5) is 22.0 Å². The van der Waals surface area contributed by atoms with Crippen LogP contribution in [0.25, 0.3) is 0 Å². The Bertz CT molecular complexity index is 728. The Balaban J connectivity index is 2.07. The molecule has 0 aliphatic rings. The maximum atomic E-state index is 13.6. The number of ether oxygens (including phenoxy) is 1. The number of halogens is 5. The van der Waals surface area contributed by atoms with Gasteiger partial charge in [-0.2, -0.15) is 0 Å². The van der Waals surface area contributed by atoms with E-state index >= 15 is 0 Å². The van der Waals surface area contributed by atoms with Crippen LogP contribution in [-0.4, -0.2) is 24.2 Å². The summed E-state index contributed by atoms with van der Waals surface area (Å²) in [6.07, 6.45) is -4.79. The monoisotopic (exact) mass is 345 g/mol. The van der Waals surface area contributed by atoms with E-state index in [2.05, 4.69) is 4.74 Å². The lowest BCUT2D eigenvalue weighted by Crippen LogP contribution is -2.27. The first-order valence-corrected chi connectivity index (χ1v) is 6.71. The van der Waals surface area contributed by atoms with Gasteiger partial charge in [0.15, 0.2) is 11.6 Å². The molecule has 0 aromatic heterocycles. The maximum absolute atomic E-state index is 13.6. The number of rotatable bonds is 4. The van der Waals surface area contributed by atoms with Crippen LogP contribution < -0.4 is 4.74 Å². The van der Waals surface area contributed by atoms with Gasteiger partial charge in [0, 0.05) is 13.6 Å². The van der Waals surface area contributed by atoms with Crippen molar-refractivity contribution in [2.45, 2.75) is 12.9 Å². The molecule has 0 N–H and O–H groups in total. The van der Waals surface area contributed by atoms with E-state index in [1.54, 1.807) is 0 Å². The molecular weight excluding hydrogens is 333 g/mol. The molecule has 2 rings (SSSR count). The number of amides is 1. The Labute approximate surface area is 134 Å². The summed E-state index contributed by atoms with van der Waals surface area (Å²) >= 11 is 0. The first-order chi connectivity index (χ1) is 11.2. The summed E-state index contributed by atoms with van der Waals surface area (Å²) in [6.45, 7) is 0.00108. The molecule has 0 fully saturated rings. The quantitative estimate of drug-likeness (QED) is 0.780. The SMILES string of the molecule is CN(Cc1ccc(OC(F)(F)F)cc1)C(=O)c1cccc(F)c1F. The van der Waals surface area contributed by atoms with Crippen LogP contribution in [0, 0.1) is 11.6 Å². The van der Waals surface area contributed by atoms with Crippen molar-refractivity contribution in [1.29, 1.82) is 0 Å². The molecule has 24 heavy (non-hydrogen) atoms. The molecule has 0 heterocycles. The van der Waals surface area contributed by atoms with Crippen molar-refractivity contribution in [2.24, 2.45) is 0 Å². The first kappa shape index (κ1) is 17.7. The van der Waals surface area contributed by atoms with Crippen LogP contribution >= 0.6 is 0 Å². The Morgan fingerprint density at radius 3 is 2.29 bits per heavy atom. The number of benzene rings is 2. The number of hydrogen-bond acceptors (Lipinski definition) is 2. The van der Waals surface area contributed by atoms with Gasteiger partial charge in [0.25, 0.3) is 5.91 Å². The molecule has 0 unspecified atom stereocenters. The van der Waals surface area contributed by atoms with Crippen LogP contribution in [0.3, 0.4) is 0 Å². The fourth-order valence-corrected chi connectivity index (χ4v) is 2.02. The molecule has 3 nitrogen and oxygen atoms in total. The van der Waals surface area contributed by atoms with E-state index in [4.69, 9.17) is 0 Å². The van der Waals surface area contributed by atoms with Gasteiger partial charge in [0.05, 0.1) is 5.56 Å². The molecule has 0 aliphatic carbocycles. The second-order valence-electron chi connectivity index (χ2n) is 4.95. The first-order valence-electron chi connectivity index (χ1n) is 6.71. The molecule has 2 aromatic rings. The van der Waals surface area contributed by atoms with E-state index in [0.29, 0.717) is 5.56 Å². The van der Waals surface area contributed by atoms with E-state index in [1.807, 2.05) is 0 Å². The Morgan fingerprint density at radius 1 is 1.08 bits per heavy atom. The summed E-state index contributed by atoms with van der Waals surface area (Å²) in [5.41, 5.74) is 0.0757. The Hall–Kier alpha value is -2.64. The number of nitrogens with zero attached hydrogens (tertiary/aromatic N) is 1. The molecule has 1 amide bonds. The van der Waals surface area contributed by atoms with Gasteiger partial charge < -0.3 is 9.64 Å². The van der Waals surface area contributed by atoms with Crippen LogP contribution in [-0.2, 0) is 6.54 Å². The third-order valence-corrected chi connectivity index (χ3v) is 3.11. The van der Waals surface area contributed by atoms with Crippen molar-refractivity contribution in [1.82, 2.24) is 4.90 Å². The summed E-state index contributed by atoms with van der Waals surface area (Å²) in [5.74, 6) is -3.52. The highest BCUT2D eigenvalue weighted by Crippen LogP contribution is 2.23. The number of carbonyl (C=O) groups excluding carboxylic acids is 1. The second kappa shape index (κ2) is 6.86. The molecule has 0 saturated heterocycles. The average Bonchev–Trinajstić information content (AvgIpc) is 2.50. The minimum atomic E-state index is -4.79. The Kier molecular flexibility index (Phi) is 5.06. The van der Waals surface area contributed by atoms with Crippen molar-refractivity contribution >= 4 is 5.91 Å². The van der Waals surface area contributed by atoms with Gasteiger partial charge in [-0.1, -0.05) is 18.2 Å². The van der Waals surface area contributed by atoms with Crippen molar-refractivity contribution < 1.29 is 31.5 Å². The third kappa shape index (κ3) is 4.43. The summed E-state index contributed by atoms with van der Waals surface area (Å²) < 4.78 is 66.7. The molecule has 0 spiro atoms. The minimum Gasteiger partial charge on any atom is -0.406 e. The van der Waals surface area contributed by atoms with Gasteiger partial charge in [-0.3, -0.25) is 4.79 Å². The predicted octanol–water partition coefficient (Wildman–Crippen LogP) is 4.14. The van der Waals surface area contributed by atoms with Crippen LogP contribution in [0.15, 0.2) is 42.5 Å². The smallest absolute Gasteiger partial charge is 0.406 e. The molecule has 128 valence electrons. The van der Waals surface area contributed by atoms with E-state index in [-0.39, 0.29) is 6.54 Å². The van der Waals surface area contributed by atoms with E-state index in [0.717, 1.165) is 29.2 Å². The zero-order valence-corrected chi connectivity index (χ0v) is 12.4. The molecular formula is C16H12F5NO2. The molecule has 8 heteroatoms. The second-order valence-corrected chi connectivity index (χ2v) is 4.95. The van der Waals surface area contributed by atoms with E-state index < -0.39 is 35.2 Å². The lowest BCUT2D eigenvalue weighted by Gasteiger charge is -2.18. The lowest BCUT2D eigenvalue weighted by molar-refractivity contribution is -0.274. The van der Waals surface area contributed by atoms with Gasteiger partial charge in [-0.05, 0) is 29.8 Å². The van der Waals surface area contributed by atoms with Crippen LogP contribution in [0.1, 0.15) is 15.9 Å². The summed E-state index contributed by atoms with van der Waals surface area (Å²) in [7, 11) is 1.37. The van der Waals surface area contributed by atoms with Crippen LogP contribution in [0.2, 0.25) is 0 Å². The van der Waals surface area contributed by atoms with Gasteiger partial charge >= 0.3 is 6.36 Å². The van der Waals surface area contributed by atoms with Crippen molar-refractivity contribution in [2.75, 3.05) is 7.05 Å². The molecule has 0 radical (unpaired) electrons. The lowest BCUT2D eigenvalue weighted by atomic mass is 10.1. The highest BCUT2D eigenvalue weighted by molar-refractivity contribution is 5.94. The molecule has 2 aromatic carbocycles. The highest BCUT2D eigenvalue weighted by Gasteiger charge is 2.31. The summed E-state index contributed by atoms with van der Waals surface area (Å²) in [4.78, 5) is 13.2. The zero-order valence-electron chi connectivity index (χ0n) is 12.4. The van der Waals surface area contributed by atoms with Gasteiger partial charge in [-0.15, -0.1) is 13.2 Å². The minimum absolute atomic E-state index is 0.00108. The molecule has 0 aliphatic heterocycles. The van der Waals surface area contributed by atoms with Crippen molar-refractivity contribution in [3.63, 3.8) is 0 Å². The zero-order chi connectivity index (χ0) is 17.9. The van der Waals surface area contributed by atoms with E-state index in [9.17, 15) is 26.7 Å². The maximum Gasteiger partial charge on any atom is 0.573 e. The molecule has 0 atom stereocenters. The number of alkyl halides is 3. The standard InChI is InChI=1S/C16H12F5NO2/c1-22(15(23)12-3-2-4-13(17)14(12)18)9-10-5-7-11(8-6-10)24-16(19,20)21/h2-8H,9H2,1H3. The predicted molar refractivity (Wildman–Crippen MR) is 75.3 cm³/mol. The molecule has 0 bridgehead atoms. The normalized spacial score (nSPS) is 11.2. The highest BCUT2D eigenvalue weighted by atomic mass is 19.4.